The molecule has 2 fully saturated rings. The normalized spacial score (nSPS) is 21.4. The molecule has 0 aromatic heterocycles. The first-order valence-corrected chi connectivity index (χ1v) is 8.95. The van der Waals surface area contributed by atoms with Gasteiger partial charge in [0, 0.05) is 19.1 Å². The van der Waals surface area contributed by atoms with Crippen LogP contribution >= 0.6 is 0 Å². The largest absolute Gasteiger partial charge is 0.367 e. The van der Waals surface area contributed by atoms with E-state index in [0.29, 0.717) is 10.8 Å². The van der Waals surface area contributed by atoms with Crippen molar-refractivity contribution in [1.29, 1.82) is 0 Å². The van der Waals surface area contributed by atoms with Crippen molar-refractivity contribution in [3.05, 3.63) is 24.3 Å². The van der Waals surface area contributed by atoms with Crippen LogP contribution < -0.4 is 15.4 Å². The number of nitrogens with one attached hydrogen (secondary N) is 1. The molecular weight excluding hydrogens is 286 g/mol. The Kier molecular flexibility index (Phi) is 3.50. The van der Waals surface area contributed by atoms with Crippen molar-refractivity contribution in [2.45, 2.75) is 43.2 Å². The fraction of sp³-hybridized carbons (Fsp3) is 0.600. The summed E-state index contributed by atoms with van der Waals surface area (Å²) in [6, 6.07) is 7.03. The van der Waals surface area contributed by atoms with Gasteiger partial charge in [0.2, 0.25) is 10.0 Å². The first-order valence-electron chi connectivity index (χ1n) is 7.47. The lowest BCUT2D eigenvalue weighted by molar-refractivity contribution is 0.290. The molecule has 5 nitrogen and oxygen atoms in total. The van der Waals surface area contributed by atoms with Crippen molar-refractivity contribution < 1.29 is 8.42 Å². The predicted molar refractivity (Wildman–Crippen MR) is 83.8 cm³/mol. The topological polar surface area (TPSA) is 75.4 Å². The molecule has 0 amide bonds. The summed E-state index contributed by atoms with van der Waals surface area (Å²) in [5.74, 6) is 0.617. The molecule has 3 N–H and O–H groups in total. The van der Waals surface area contributed by atoms with Gasteiger partial charge in [-0.2, -0.15) is 0 Å². The number of anilines is 1. The molecule has 6 heteroatoms. The number of hydrogen-bond donors (Lipinski definition) is 2. The van der Waals surface area contributed by atoms with Gasteiger partial charge in [-0.1, -0.05) is 12.1 Å². The van der Waals surface area contributed by atoms with E-state index < -0.39 is 10.0 Å². The number of para-hydroxylation sites is 1. The SMILES string of the molecule is CC(C)NS(=O)(=O)c1ccccc1N1CC(N)(C2CC2)C1. The van der Waals surface area contributed by atoms with Gasteiger partial charge in [0.15, 0.2) is 0 Å². The molecular formula is C15H23N3O2S. The molecule has 1 heterocycles. The third kappa shape index (κ3) is 2.80. The maximum atomic E-state index is 12.4. The number of rotatable bonds is 5. The molecule has 1 aromatic carbocycles. The van der Waals surface area contributed by atoms with Gasteiger partial charge in [-0.25, -0.2) is 13.1 Å². The smallest absolute Gasteiger partial charge is 0.242 e. The number of sulfonamides is 1. The quantitative estimate of drug-likeness (QED) is 0.860. The van der Waals surface area contributed by atoms with Crippen molar-refractivity contribution in [1.82, 2.24) is 4.72 Å². The van der Waals surface area contributed by atoms with Crippen LogP contribution in [0.15, 0.2) is 29.2 Å². The van der Waals surface area contributed by atoms with Crippen LogP contribution in [0, 0.1) is 5.92 Å². The highest BCUT2D eigenvalue weighted by molar-refractivity contribution is 7.89. The van der Waals surface area contributed by atoms with Gasteiger partial charge in [-0.3, -0.25) is 0 Å². The van der Waals surface area contributed by atoms with E-state index in [1.807, 2.05) is 26.0 Å². The van der Waals surface area contributed by atoms with Crippen molar-refractivity contribution >= 4 is 15.7 Å². The molecule has 1 aromatic rings. The van der Waals surface area contributed by atoms with Crippen molar-refractivity contribution in [3.63, 3.8) is 0 Å². The van der Waals surface area contributed by atoms with Gasteiger partial charge in [0.05, 0.1) is 11.2 Å². The van der Waals surface area contributed by atoms with Crippen LogP contribution in [-0.4, -0.2) is 33.1 Å². The van der Waals surface area contributed by atoms with Gasteiger partial charge in [0.25, 0.3) is 0 Å². The molecule has 1 aliphatic carbocycles. The summed E-state index contributed by atoms with van der Waals surface area (Å²) >= 11 is 0. The first kappa shape index (κ1) is 14.8. The lowest BCUT2D eigenvalue weighted by Crippen LogP contribution is -2.69. The third-order valence-corrected chi connectivity index (χ3v) is 5.95. The minimum Gasteiger partial charge on any atom is -0.367 e. The summed E-state index contributed by atoms with van der Waals surface area (Å²) in [7, 11) is -3.49. The summed E-state index contributed by atoms with van der Waals surface area (Å²) in [5, 5.41) is 0. The van der Waals surface area contributed by atoms with Crippen LogP contribution in [-0.2, 0) is 10.0 Å². The second-order valence-corrected chi connectivity index (χ2v) is 8.29. The number of nitrogens with zero attached hydrogens (tertiary/aromatic N) is 1. The molecule has 1 saturated heterocycles. The fourth-order valence-corrected chi connectivity index (χ4v) is 4.55. The van der Waals surface area contributed by atoms with E-state index in [4.69, 9.17) is 5.73 Å². The Morgan fingerprint density at radius 3 is 2.48 bits per heavy atom. The fourth-order valence-electron chi connectivity index (χ4n) is 3.07. The van der Waals surface area contributed by atoms with E-state index in [9.17, 15) is 8.42 Å². The van der Waals surface area contributed by atoms with Crippen LogP contribution in [0.25, 0.3) is 0 Å². The molecule has 0 atom stereocenters. The zero-order valence-corrected chi connectivity index (χ0v) is 13.4. The summed E-state index contributed by atoms with van der Waals surface area (Å²) in [4.78, 5) is 2.42. The average Bonchev–Trinajstić information content (AvgIpc) is 3.18. The van der Waals surface area contributed by atoms with Gasteiger partial charge >= 0.3 is 0 Å². The van der Waals surface area contributed by atoms with E-state index in [1.54, 1.807) is 12.1 Å². The summed E-state index contributed by atoms with van der Waals surface area (Å²) in [6.45, 7) is 5.13. The zero-order chi connectivity index (χ0) is 15.3. The maximum Gasteiger partial charge on any atom is 0.242 e. The monoisotopic (exact) mass is 309 g/mol. The summed E-state index contributed by atoms with van der Waals surface area (Å²) in [6.07, 6.45) is 2.42. The summed E-state index contributed by atoms with van der Waals surface area (Å²) in [5.41, 5.74) is 7.00. The molecule has 0 bridgehead atoms. The molecule has 116 valence electrons. The average molecular weight is 309 g/mol. The van der Waals surface area contributed by atoms with E-state index in [0.717, 1.165) is 18.8 Å². The molecule has 21 heavy (non-hydrogen) atoms. The number of nitrogens with two attached hydrogens (primary N) is 1. The van der Waals surface area contributed by atoms with Gasteiger partial charge < -0.3 is 10.6 Å². The van der Waals surface area contributed by atoms with E-state index >= 15 is 0 Å². The van der Waals surface area contributed by atoms with Gasteiger partial charge in [-0.15, -0.1) is 0 Å². The van der Waals surface area contributed by atoms with Gasteiger partial charge in [0.1, 0.15) is 4.90 Å². The third-order valence-electron chi connectivity index (χ3n) is 4.25. The van der Waals surface area contributed by atoms with E-state index in [-0.39, 0.29) is 11.6 Å². The van der Waals surface area contributed by atoms with Crippen molar-refractivity contribution in [2.24, 2.45) is 11.7 Å². The van der Waals surface area contributed by atoms with Crippen LogP contribution in [0.4, 0.5) is 5.69 Å². The van der Waals surface area contributed by atoms with E-state index in [2.05, 4.69) is 9.62 Å². The second-order valence-electron chi connectivity index (χ2n) is 6.61. The van der Waals surface area contributed by atoms with E-state index in [1.165, 1.54) is 12.8 Å². The lowest BCUT2D eigenvalue weighted by Gasteiger charge is -2.50. The van der Waals surface area contributed by atoms with Crippen LogP contribution in [0.3, 0.4) is 0 Å². The Balaban J connectivity index is 1.84. The van der Waals surface area contributed by atoms with Crippen molar-refractivity contribution in [3.8, 4) is 0 Å². The molecule has 2 aliphatic rings. The molecule has 1 saturated carbocycles. The Morgan fingerprint density at radius 2 is 1.90 bits per heavy atom. The zero-order valence-electron chi connectivity index (χ0n) is 12.5. The van der Waals surface area contributed by atoms with Crippen LogP contribution in [0.2, 0.25) is 0 Å². The predicted octanol–water partition coefficient (Wildman–Crippen LogP) is 1.30. The van der Waals surface area contributed by atoms with Crippen LogP contribution in [0.5, 0.6) is 0 Å². The maximum absolute atomic E-state index is 12.4. The lowest BCUT2D eigenvalue weighted by atomic mass is 9.85. The second kappa shape index (κ2) is 4.97. The highest BCUT2D eigenvalue weighted by atomic mass is 32.2. The Bertz CT molecular complexity index is 632. The molecule has 0 unspecified atom stereocenters. The van der Waals surface area contributed by atoms with Crippen LogP contribution in [0.1, 0.15) is 26.7 Å². The standard InChI is InChI=1S/C15H23N3O2S/c1-11(2)17-21(19,20)14-6-4-3-5-13(14)18-9-15(16,10-18)12-7-8-12/h3-6,11-12,17H,7-10,16H2,1-2H3. The molecule has 0 radical (unpaired) electrons. The Hall–Kier alpha value is -1.11. The number of benzene rings is 1. The van der Waals surface area contributed by atoms with Crippen molar-refractivity contribution in [2.75, 3.05) is 18.0 Å². The minimum absolute atomic E-state index is 0.123. The molecule has 1 aliphatic heterocycles. The Labute approximate surface area is 126 Å². The minimum atomic E-state index is -3.49. The first-order chi connectivity index (χ1) is 9.82. The molecule has 3 rings (SSSR count). The van der Waals surface area contributed by atoms with Gasteiger partial charge in [-0.05, 0) is 44.7 Å². The Morgan fingerprint density at radius 1 is 1.29 bits per heavy atom. The highest BCUT2D eigenvalue weighted by Crippen LogP contribution is 2.45. The molecule has 0 spiro atoms. The highest BCUT2D eigenvalue weighted by Gasteiger charge is 2.50. The summed E-state index contributed by atoms with van der Waals surface area (Å²) < 4.78 is 27.5. The number of hydrogen-bond acceptors (Lipinski definition) is 4.